The molecule has 0 bridgehead atoms. The molecule has 4 aromatic rings. The predicted octanol–water partition coefficient (Wildman–Crippen LogP) is 6.81. The summed E-state index contributed by atoms with van der Waals surface area (Å²) in [5.41, 5.74) is 2.79. The fourth-order valence-corrected chi connectivity index (χ4v) is 6.24. The number of amides is 2. The van der Waals surface area contributed by atoms with Crippen molar-refractivity contribution < 1.29 is 14.3 Å². The van der Waals surface area contributed by atoms with Crippen LogP contribution in [0.15, 0.2) is 79.3 Å². The average Bonchev–Trinajstić information content (AvgIpc) is 3.39. The summed E-state index contributed by atoms with van der Waals surface area (Å²) in [4.78, 5) is 33.6. The summed E-state index contributed by atoms with van der Waals surface area (Å²) in [6, 6.07) is 17.9. The van der Waals surface area contributed by atoms with E-state index in [0.717, 1.165) is 29.5 Å². The van der Waals surface area contributed by atoms with Gasteiger partial charge in [-0.05, 0) is 72.6 Å². The van der Waals surface area contributed by atoms with Crippen molar-refractivity contribution in [3.63, 3.8) is 0 Å². The van der Waals surface area contributed by atoms with Crippen molar-refractivity contribution >= 4 is 29.6 Å². The first-order valence-electron chi connectivity index (χ1n) is 15.3. The van der Waals surface area contributed by atoms with Crippen LogP contribution in [-0.4, -0.2) is 50.2 Å². The van der Waals surface area contributed by atoms with Crippen LogP contribution in [0.2, 0.25) is 5.02 Å². The number of nitrogens with one attached hydrogen (secondary N) is 4. The van der Waals surface area contributed by atoms with Gasteiger partial charge < -0.3 is 15.4 Å². The molecule has 2 amide bonds. The van der Waals surface area contributed by atoms with Gasteiger partial charge in [0, 0.05) is 34.1 Å². The Kier molecular flexibility index (Phi) is 8.10. The molecule has 11 heteroatoms. The van der Waals surface area contributed by atoms with E-state index in [2.05, 4.69) is 46.6 Å². The van der Waals surface area contributed by atoms with Gasteiger partial charge in [-0.15, -0.1) is 0 Å². The second-order valence-electron chi connectivity index (χ2n) is 13.6. The quantitative estimate of drug-likeness (QED) is 0.159. The molecule has 46 heavy (non-hydrogen) atoms. The topological polar surface area (TPSA) is 136 Å². The fourth-order valence-electron chi connectivity index (χ4n) is 6.03. The SMILES string of the molecule is CC(C)(C)CC1(c2ccc(-c3cn[nH]c3)cc2)NC(=N)N([C@H](COC(=O)NC2(C)CC2)c2ccc(Cl)c(-c3ccccn3)c2)C1=O. The smallest absolute Gasteiger partial charge is 0.407 e. The van der Waals surface area contributed by atoms with Crippen LogP contribution in [0.1, 0.15) is 64.1 Å². The number of carbonyl (C=O) groups is 2. The highest BCUT2D eigenvalue weighted by molar-refractivity contribution is 6.33. The van der Waals surface area contributed by atoms with Crippen molar-refractivity contribution in [1.29, 1.82) is 5.41 Å². The summed E-state index contributed by atoms with van der Waals surface area (Å²) in [7, 11) is 0. The molecule has 238 valence electrons. The first kappa shape index (κ1) is 31.3. The molecule has 1 saturated heterocycles. The number of hydrogen-bond acceptors (Lipinski definition) is 6. The van der Waals surface area contributed by atoms with Gasteiger partial charge in [0.1, 0.15) is 12.1 Å². The van der Waals surface area contributed by atoms with E-state index in [1.54, 1.807) is 24.5 Å². The van der Waals surface area contributed by atoms with Crippen LogP contribution < -0.4 is 10.6 Å². The molecular formula is C35H38ClN7O3. The van der Waals surface area contributed by atoms with Crippen molar-refractivity contribution in [2.45, 2.75) is 64.1 Å². The Morgan fingerprint density at radius 2 is 1.89 bits per heavy atom. The molecule has 2 fully saturated rings. The lowest BCUT2D eigenvalue weighted by molar-refractivity contribution is -0.134. The van der Waals surface area contributed by atoms with Crippen molar-refractivity contribution in [2.75, 3.05) is 6.61 Å². The van der Waals surface area contributed by atoms with Crippen LogP contribution in [0, 0.1) is 10.8 Å². The van der Waals surface area contributed by atoms with Crippen molar-refractivity contribution in [3.05, 3.63) is 95.4 Å². The summed E-state index contributed by atoms with van der Waals surface area (Å²) in [6.07, 6.45) is 6.84. The molecule has 6 rings (SSSR count). The Bertz CT molecular complexity index is 1750. The normalized spacial score (nSPS) is 19.5. The molecular weight excluding hydrogens is 602 g/mol. The number of benzene rings is 2. The largest absolute Gasteiger partial charge is 0.447 e. The highest BCUT2D eigenvalue weighted by Gasteiger charge is 2.54. The Balaban J connectivity index is 1.40. The Morgan fingerprint density at radius 1 is 1.13 bits per heavy atom. The van der Waals surface area contributed by atoms with E-state index >= 15 is 0 Å². The lowest BCUT2D eigenvalue weighted by atomic mass is 9.75. The molecule has 4 N–H and O–H groups in total. The maximum Gasteiger partial charge on any atom is 0.407 e. The first-order valence-corrected chi connectivity index (χ1v) is 15.7. The monoisotopic (exact) mass is 639 g/mol. The lowest BCUT2D eigenvalue weighted by Gasteiger charge is -2.35. The van der Waals surface area contributed by atoms with Gasteiger partial charge >= 0.3 is 6.09 Å². The van der Waals surface area contributed by atoms with Gasteiger partial charge in [-0.1, -0.05) is 68.8 Å². The van der Waals surface area contributed by atoms with E-state index < -0.39 is 17.7 Å². The van der Waals surface area contributed by atoms with E-state index in [4.69, 9.17) is 16.3 Å². The number of aromatic nitrogens is 3. The first-order chi connectivity index (χ1) is 21.9. The zero-order valence-corrected chi connectivity index (χ0v) is 27.1. The molecule has 0 spiro atoms. The van der Waals surface area contributed by atoms with E-state index in [0.29, 0.717) is 28.3 Å². The number of nitrogens with zero attached hydrogens (tertiary/aromatic N) is 3. The van der Waals surface area contributed by atoms with Gasteiger partial charge in [0.25, 0.3) is 5.91 Å². The van der Waals surface area contributed by atoms with Crippen LogP contribution in [-0.2, 0) is 15.1 Å². The van der Waals surface area contributed by atoms with E-state index in [9.17, 15) is 15.0 Å². The number of carbonyl (C=O) groups excluding carboxylic acids is 2. The zero-order valence-electron chi connectivity index (χ0n) is 26.4. The highest BCUT2D eigenvalue weighted by atomic mass is 35.5. The molecule has 1 unspecified atom stereocenters. The summed E-state index contributed by atoms with van der Waals surface area (Å²) in [5.74, 6) is -0.383. The average molecular weight is 640 g/mol. The number of hydrogen-bond donors (Lipinski definition) is 4. The van der Waals surface area contributed by atoms with Gasteiger partial charge in [0.15, 0.2) is 5.96 Å². The lowest BCUT2D eigenvalue weighted by Crippen LogP contribution is -2.47. The van der Waals surface area contributed by atoms with Gasteiger partial charge in [-0.25, -0.2) is 4.79 Å². The maximum atomic E-state index is 14.9. The molecule has 10 nitrogen and oxygen atoms in total. The molecule has 1 aliphatic carbocycles. The number of rotatable bonds is 9. The number of alkyl carbamates (subject to hydrolysis) is 1. The standard InChI is InChI=1S/C35H38ClN7O3/c1-33(2,3)21-35(25-11-8-22(9-12-25)24-18-39-40-19-24)30(44)43(31(37)41-35)29(20-46-32(45)42-34(4)14-15-34)23-10-13-27(36)26(17-23)28-7-5-6-16-38-28/h5-13,16-19,29H,14-15,20-21H2,1-4H3,(H2,37,41)(H,39,40)(H,42,45)/t29-,35?/m1/s1. The van der Waals surface area contributed by atoms with E-state index in [1.807, 2.05) is 61.7 Å². The molecule has 3 heterocycles. The molecule has 1 aliphatic heterocycles. The van der Waals surface area contributed by atoms with Gasteiger partial charge in [-0.2, -0.15) is 5.10 Å². The number of pyridine rings is 1. The molecule has 0 radical (unpaired) electrons. The highest BCUT2D eigenvalue weighted by Crippen LogP contribution is 2.43. The van der Waals surface area contributed by atoms with Crippen LogP contribution in [0.5, 0.6) is 0 Å². The molecule has 2 aliphatic rings. The molecule has 2 aromatic heterocycles. The van der Waals surface area contributed by atoms with Crippen molar-refractivity contribution in [1.82, 2.24) is 30.7 Å². The van der Waals surface area contributed by atoms with Gasteiger partial charge in [-0.3, -0.25) is 25.2 Å². The predicted molar refractivity (Wildman–Crippen MR) is 177 cm³/mol. The summed E-state index contributed by atoms with van der Waals surface area (Å²) in [5, 5.41) is 22.7. The van der Waals surface area contributed by atoms with Gasteiger partial charge in [0.2, 0.25) is 0 Å². The minimum atomic E-state index is -1.23. The Morgan fingerprint density at radius 3 is 2.52 bits per heavy atom. The van der Waals surface area contributed by atoms with E-state index in [-0.39, 0.29) is 29.4 Å². The Labute approximate surface area is 273 Å². The second-order valence-corrected chi connectivity index (χ2v) is 14.0. The van der Waals surface area contributed by atoms with Crippen molar-refractivity contribution in [2.24, 2.45) is 5.41 Å². The maximum absolute atomic E-state index is 14.9. The third-order valence-corrected chi connectivity index (χ3v) is 8.89. The third kappa shape index (κ3) is 6.35. The minimum absolute atomic E-state index is 0.0781. The molecule has 2 atom stereocenters. The number of ether oxygens (including phenoxy) is 1. The fraction of sp³-hybridized carbons (Fsp3) is 0.343. The van der Waals surface area contributed by atoms with Gasteiger partial charge in [0.05, 0.1) is 17.9 Å². The third-order valence-electron chi connectivity index (χ3n) is 8.57. The van der Waals surface area contributed by atoms with E-state index in [1.165, 1.54) is 4.90 Å². The summed E-state index contributed by atoms with van der Waals surface area (Å²) >= 11 is 6.63. The minimum Gasteiger partial charge on any atom is -0.447 e. The molecule has 2 aromatic carbocycles. The van der Waals surface area contributed by atoms with Crippen LogP contribution in [0.25, 0.3) is 22.4 Å². The zero-order chi connectivity index (χ0) is 32.7. The Hall–Kier alpha value is -4.70. The van der Waals surface area contributed by atoms with Crippen LogP contribution in [0.3, 0.4) is 0 Å². The summed E-state index contributed by atoms with van der Waals surface area (Å²) < 4.78 is 5.77. The second kappa shape index (κ2) is 11.9. The number of halogens is 1. The van der Waals surface area contributed by atoms with Crippen molar-refractivity contribution in [3.8, 4) is 22.4 Å². The van der Waals surface area contributed by atoms with Crippen LogP contribution >= 0.6 is 11.6 Å². The number of aromatic amines is 1. The number of guanidine groups is 1. The summed E-state index contributed by atoms with van der Waals surface area (Å²) in [6.45, 7) is 7.99. The number of H-pyrrole nitrogens is 1. The molecule has 1 saturated carbocycles. The van der Waals surface area contributed by atoms with Crippen LogP contribution in [0.4, 0.5) is 4.79 Å².